The molecule has 0 spiro atoms. The molecule has 0 bridgehead atoms. The highest BCUT2D eigenvalue weighted by Gasteiger charge is 2.46. The lowest BCUT2D eigenvalue weighted by Gasteiger charge is -2.37. The lowest BCUT2D eigenvalue weighted by Crippen LogP contribution is -2.52. The summed E-state index contributed by atoms with van der Waals surface area (Å²) in [6.45, 7) is -0.426. The number of hydrogen-bond acceptors (Lipinski definition) is 5. The van der Waals surface area contributed by atoms with Gasteiger partial charge in [-0.2, -0.15) is 0 Å². The second kappa shape index (κ2) is 8.47. The number of likely N-dealkylation sites (tertiary alicyclic amines) is 1. The first-order chi connectivity index (χ1) is 12.9. The van der Waals surface area contributed by atoms with Gasteiger partial charge in [-0.1, -0.05) is 23.7 Å². The standard InChI is InChI=1S/C18H19ClF2N4O2/c19-15-4-2-13(3-5-15)11-27-17(26)25-9-6-14(18(20,21)12-25)10-24-16-22-7-1-8-23-16/h1-5,7-8,14H,6,9-12H2,(H,22,23,24)/t14-/m1/s1. The van der Waals surface area contributed by atoms with Crippen LogP contribution in [0.3, 0.4) is 0 Å². The number of hydrogen-bond donors (Lipinski definition) is 1. The van der Waals surface area contributed by atoms with Crippen LogP contribution in [-0.4, -0.2) is 46.5 Å². The Morgan fingerprint density at radius 1 is 1.30 bits per heavy atom. The van der Waals surface area contributed by atoms with Crippen molar-refractivity contribution in [3.8, 4) is 0 Å². The SMILES string of the molecule is O=C(OCc1ccc(Cl)cc1)N1CC[C@H](CNc2ncccn2)C(F)(F)C1. The Morgan fingerprint density at radius 3 is 2.67 bits per heavy atom. The van der Waals surface area contributed by atoms with Crippen molar-refractivity contribution in [3.63, 3.8) is 0 Å². The minimum Gasteiger partial charge on any atom is -0.445 e. The molecular formula is C18H19ClF2N4O2. The van der Waals surface area contributed by atoms with E-state index in [2.05, 4.69) is 15.3 Å². The molecule has 1 aromatic carbocycles. The number of aromatic nitrogens is 2. The van der Waals surface area contributed by atoms with Crippen molar-refractivity contribution < 1.29 is 18.3 Å². The van der Waals surface area contributed by atoms with Gasteiger partial charge in [0, 0.05) is 36.4 Å². The molecule has 1 saturated heterocycles. The quantitative estimate of drug-likeness (QED) is 0.831. The first-order valence-corrected chi connectivity index (χ1v) is 8.87. The Hall–Kier alpha value is -2.48. The fraction of sp³-hybridized carbons (Fsp3) is 0.389. The smallest absolute Gasteiger partial charge is 0.410 e. The van der Waals surface area contributed by atoms with E-state index in [1.54, 1.807) is 30.3 Å². The molecule has 1 atom stereocenters. The highest BCUT2D eigenvalue weighted by molar-refractivity contribution is 6.30. The van der Waals surface area contributed by atoms with Crippen LogP contribution >= 0.6 is 11.6 Å². The first kappa shape index (κ1) is 19.3. The number of benzene rings is 1. The summed E-state index contributed by atoms with van der Waals surface area (Å²) in [5, 5.41) is 3.39. The molecule has 0 radical (unpaired) electrons. The van der Waals surface area contributed by atoms with Gasteiger partial charge in [-0.3, -0.25) is 0 Å². The summed E-state index contributed by atoms with van der Waals surface area (Å²) in [4.78, 5) is 21.1. The monoisotopic (exact) mass is 396 g/mol. The molecule has 2 heterocycles. The molecule has 9 heteroatoms. The van der Waals surface area contributed by atoms with E-state index in [1.165, 1.54) is 12.4 Å². The van der Waals surface area contributed by atoms with Crippen LogP contribution in [0.1, 0.15) is 12.0 Å². The third-order valence-corrected chi connectivity index (χ3v) is 4.60. The van der Waals surface area contributed by atoms with Crippen molar-refractivity contribution >= 4 is 23.6 Å². The van der Waals surface area contributed by atoms with Crippen molar-refractivity contribution in [1.29, 1.82) is 0 Å². The molecule has 2 aromatic rings. The zero-order chi connectivity index (χ0) is 19.3. The number of alkyl halides is 2. The van der Waals surface area contributed by atoms with Crippen LogP contribution in [0.15, 0.2) is 42.7 Å². The third-order valence-electron chi connectivity index (χ3n) is 4.35. The van der Waals surface area contributed by atoms with Gasteiger partial charge >= 0.3 is 6.09 Å². The van der Waals surface area contributed by atoms with Gasteiger partial charge in [0.25, 0.3) is 5.92 Å². The first-order valence-electron chi connectivity index (χ1n) is 8.49. The van der Waals surface area contributed by atoms with Gasteiger partial charge in [0.05, 0.1) is 6.54 Å². The van der Waals surface area contributed by atoms with E-state index in [1.807, 2.05) is 0 Å². The fourth-order valence-electron chi connectivity index (χ4n) is 2.81. The lowest BCUT2D eigenvalue weighted by atomic mass is 9.93. The van der Waals surface area contributed by atoms with Crippen LogP contribution in [0.5, 0.6) is 0 Å². The Balaban J connectivity index is 1.49. The van der Waals surface area contributed by atoms with E-state index in [4.69, 9.17) is 16.3 Å². The minimum absolute atomic E-state index is 0.00834. The van der Waals surface area contributed by atoms with Gasteiger partial charge in [0.15, 0.2) is 0 Å². The van der Waals surface area contributed by atoms with Crippen LogP contribution in [0.4, 0.5) is 19.5 Å². The zero-order valence-electron chi connectivity index (χ0n) is 14.4. The van der Waals surface area contributed by atoms with Crippen LogP contribution in [0, 0.1) is 5.92 Å². The van der Waals surface area contributed by atoms with Crippen molar-refractivity contribution in [2.24, 2.45) is 5.92 Å². The maximum Gasteiger partial charge on any atom is 0.410 e. The molecule has 1 fully saturated rings. The lowest BCUT2D eigenvalue weighted by molar-refractivity contribution is -0.102. The number of ether oxygens (including phenoxy) is 1. The molecule has 0 aliphatic carbocycles. The van der Waals surface area contributed by atoms with Crippen molar-refractivity contribution in [2.75, 3.05) is 25.0 Å². The van der Waals surface area contributed by atoms with Gasteiger partial charge in [-0.05, 0) is 30.2 Å². The van der Waals surface area contributed by atoms with Crippen LogP contribution in [0.25, 0.3) is 0 Å². The summed E-state index contributed by atoms with van der Waals surface area (Å²) >= 11 is 5.79. The molecule has 1 aliphatic heterocycles. The summed E-state index contributed by atoms with van der Waals surface area (Å²) in [7, 11) is 0. The largest absolute Gasteiger partial charge is 0.445 e. The molecule has 144 valence electrons. The number of nitrogens with one attached hydrogen (secondary N) is 1. The van der Waals surface area contributed by atoms with Crippen LogP contribution in [0.2, 0.25) is 5.02 Å². The summed E-state index contributed by atoms with van der Waals surface area (Å²) in [6.07, 6.45) is 2.48. The zero-order valence-corrected chi connectivity index (χ0v) is 15.2. The molecule has 0 saturated carbocycles. The highest BCUT2D eigenvalue weighted by atomic mass is 35.5. The predicted octanol–water partition coefficient (Wildman–Crippen LogP) is 3.84. The van der Waals surface area contributed by atoms with Crippen molar-refractivity contribution in [3.05, 3.63) is 53.3 Å². The molecule has 3 rings (SSSR count). The maximum atomic E-state index is 14.4. The second-order valence-corrected chi connectivity index (χ2v) is 6.74. The number of halogens is 3. The van der Waals surface area contributed by atoms with E-state index in [-0.39, 0.29) is 26.1 Å². The third kappa shape index (κ3) is 5.26. The summed E-state index contributed by atoms with van der Waals surface area (Å²) < 4.78 is 34.0. The number of amides is 1. The number of carbonyl (C=O) groups is 1. The van der Waals surface area contributed by atoms with E-state index < -0.39 is 24.5 Å². The molecule has 1 aliphatic rings. The van der Waals surface area contributed by atoms with E-state index in [0.717, 1.165) is 10.5 Å². The van der Waals surface area contributed by atoms with E-state index in [9.17, 15) is 13.6 Å². The van der Waals surface area contributed by atoms with Gasteiger partial charge in [-0.25, -0.2) is 23.5 Å². The molecule has 1 N–H and O–H groups in total. The van der Waals surface area contributed by atoms with Crippen LogP contribution in [-0.2, 0) is 11.3 Å². The Morgan fingerprint density at radius 2 is 2.00 bits per heavy atom. The summed E-state index contributed by atoms with van der Waals surface area (Å²) in [6, 6.07) is 8.43. The fourth-order valence-corrected chi connectivity index (χ4v) is 2.94. The van der Waals surface area contributed by atoms with Gasteiger partial charge in [0.1, 0.15) is 6.61 Å². The number of nitrogens with zero attached hydrogens (tertiary/aromatic N) is 3. The highest BCUT2D eigenvalue weighted by Crippen LogP contribution is 2.33. The van der Waals surface area contributed by atoms with E-state index in [0.29, 0.717) is 11.0 Å². The Bertz CT molecular complexity index is 762. The molecular weight excluding hydrogens is 378 g/mol. The van der Waals surface area contributed by atoms with Crippen LogP contribution < -0.4 is 5.32 Å². The minimum atomic E-state index is -3.03. The molecule has 1 aromatic heterocycles. The van der Waals surface area contributed by atoms with Gasteiger partial charge < -0.3 is 15.0 Å². The number of carbonyl (C=O) groups excluding carboxylic acids is 1. The average Bonchev–Trinajstić information content (AvgIpc) is 2.66. The number of anilines is 1. The molecule has 1 amide bonds. The molecule has 6 nitrogen and oxygen atoms in total. The normalized spacial score (nSPS) is 18.8. The number of piperidine rings is 1. The number of rotatable bonds is 5. The Labute approximate surface area is 160 Å². The average molecular weight is 397 g/mol. The molecule has 27 heavy (non-hydrogen) atoms. The molecule has 0 unspecified atom stereocenters. The predicted molar refractivity (Wildman–Crippen MR) is 96.8 cm³/mol. The van der Waals surface area contributed by atoms with E-state index >= 15 is 0 Å². The van der Waals surface area contributed by atoms with Crippen molar-refractivity contribution in [1.82, 2.24) is 14.9 Å². The maximum absolute atomic E-state index is 14.4. The topological polar surface area (TPSA) is 67.3 Å². The van der Waals surface area contributed by atoms with Crippen molar-refractivity contribution in [2.45, 2.75) is 19.0 Å². The Kier molecular flexibility index (Phi) is 6.05. The van der Waals surface area contributed by atoms with Gasteiger partial charge in [0.2, 0.25) is 5.95 Å². The summed E-state index contributed by atoms with van der Waals surface area (Å²) in [5.74, 6) is -3.64. The second-order valence-electron chi connectivity index (χ2n) is 6.30. The summed E-state index contributed by atoms with van der Waals surface area (Å²) in [5.41, 5.74) is 0.737. The van der Waals surface area contributed by atoms with Gasteiger partial charge in [-0.15, -0.1) is 0 Å².